The van der Waals surface area contributed by atoms with Crippen LogP contribution in [0.15, 0.2) is 23.4 Å². The van der Waals surface area contributed by atoms with Crippen molar-refractivity contribution < 1.29 is 22.7 Å². The zero-order chi connectivity index (χ0) is 14.6. The zero-order valence-electron chi connectivity index (χ0n) is 10.5. The summed E-state index contributed by atoms with van der Waals surface area (Å²) < 4.78 is 38.8. The summed E-state index contributed by atoms with van der Waals surface area (Å²) in [4.78, 5) is 14.0. The SMILES string of the molecule is CC(C)C[C@H](NS(=O)(=O)c1cncc(F)c1)C(=O)O. The Morgan fingerprint density at radius 1 is 1.47 bits per heavy atom. The molecule has 1 heterocycles. The maximum Gasteiger partial charge on any atom is 0.321 e. The quantitative estimate of drug-likeness (QED) is 0.814. The van der Waals surface area contributed by atoms with Crippen molar-refractivity contribution in [1.82, 2.24) is 9.71 Å². The van der Waals surface area contributed by atoms with Gasteiger partial charge in [0.05, 0.1) is 6.20 Å². The fourth-order valence-corrected chi connectivity index (χ4v) is 2.64. The largest absolute Gasteiger partial charge is 0.480 e. The van der Waals surface area contributed by atoms with Crippen molar-refractivity contribution in [3.63, 3.8) is 0 Å². The molecule has 0 aromatic carbocycles. The number of pyridine rings is 1. The van der Waals surface area contributed by atoms with Gasteiger partial charge in [0.15, 0.2) is 0 Å². The van der Waals surface area contributed by atoms with Crippen LogP contribution in [-0.2, 0) is 14.8 Å². The zero-order valence-corrected chi connectivity index (χ0v) is 11.3. The summed E-state index contributed by atoms with van der Waals surface area (Å²) in [7, 11) is -4.11. The first-order valence-electron chi connectivity index (χ1n) is 5.58. The maximum absolute atomic E-state index is 12.9. The maximum atomic E-state index is 12.9. The molecule has 1 rings (SSSR count). The minimum Gasteiger partial charge on any atom is -0.480 e. The van der Waals surface area contributed by atoms with Crippen molar-refractivity contribution in [2.75, 3.05) is 0 Å². The van der Waals surface area contributed by atoms with E-state index in [2.05, 4.69) is 4.98 Å². The molecule has 0 bridgehead atoms. The number of nitrogens with zero attached hydrogens (tertiary/aromatic N) is 1. The van der Waals surface area contributed by atoms with Gasteiger partial charge in [-0.15, -0.1) is 0 Å². The number of nitrogens with one attached hydrogen (secondary N) is 1. The first kappa shape index (κ1) is 15.5. The smallest absolute Gasteiger partial charge is 0.321 e. The Hall–Kier alpha value is -1.54. The van der Waals surface area contributed by atoms with Crippen molar-refractivity contribution in [1.29, 1.82) is 0 Å². The molecule has 0 aliphatic rings. The summed E-state index contributed by atoms with van der Waals surface area (Å²) in [6.45, 7) is 3.54. The first-order chi connectivity index (χ1) is 8.72. The van der Waals surface area contributed by atoms with E-state index in [4.69, 9.17) is 5.11 Å². The lowest BCUT2D eigenvalue weighted by atomic mass is 10.1. The van der Waals surface area contributed by atoms with Gasteiger partial charge in [-0.1, -0.05) is 13.8 Å². The van der Waals surface area contributed by atoms with Crippen LogP contribution in [0.25, 0.3) is 0 Å². The van der Waals surface area contributed by atoms with Crippen molar-refractivity contribution in [3.05, 3.63) is 24.3 Å². The minimum atomic E-state index is -4.11. The number of sulfonamides is 1. The van der Waals surface area contributed by atoms with Crippen LogP contribution in [0.5, 0.6) is 0 Å². The molecule has 19 heavy (non-hydrogen) atoms. The van der Waals surface area contributed by atoms with Crippen LogP contribution in [0.1, 0.15) is 20.3 Å². The molecule has 1 aromatic heterocycles. The third-order valence-corrected chi connectivity index (χ3v) is 3.73. The molecule has 0 aliphatic heterocycles. The second kappa shape index (κ2) is 6.07. The molecular weight excluding hydrogens is 275 g/mol. The Bertz CT molecular complexity index is 560. The van der Waals surface area contributed by atoms with E-state index in [0.29, 0.717) is 0 Å². The lowest BCUT2D eigenvalue weighted by molar-refractivity contribution is -0.139. The molecule has 0 spiro atoms. The number of hydrogen-bond acceptors (Lipinski definition) is 4. The van der Waals surface area contributed by atoms with E-state index in [1.54, 1.807) is 13.8 Å². The van der Waals surface area contributed by atoms with Crippen molar-refractivity contribution in [2.24, 2.45) is 5.92 Å². The standard InChI is InChI=1S/C11H15FN2O4S/c1-7(2)3-10(11(15)16)14-19(17,18)9-4-8(12)5-13-6-9/h4-7,10,14H,3H2,1-2H3,(H,15,16)/t10-/m0/s1. The number of aliphatic carboxylic acids is 1. The third-order valence-electron chi connectivity index (χ3n) is 2.29. The van der Waals surface area contributed by atoms with Crippen molar-refractivity contribution in [3.8, 4) is 0 Å². The second-order valence-corrected chi connectivity index (χ2v) is 6.19. The predicted molar refractivity (Wildman–Crippen MR) is 65.4 cm³/mol. The summed E-state index contributed by atoms with van der Waals surface area (Å²) in [5.41, 5.74) is 0. The number of carbonyl (C=O) groups is 1. The van der Waals surface area contributed by atoms with E-state index < -0.39 is 32.7 Å². The van der Waals surface area contributed by atoms with Crippen LogP contribution < -0.4 is 4.72 Å². The van der Waals surface area contributed by atoms with E-state index in [1.165, 1.54) is 0 Å². The lowest BCUT2D eigenvalue weighted by Gasteiger charge is -2.16. The first-order valence-corrected chi connectivity index (χ1v) is 7.06. The van der Waals surface area contributed by atoms with E-state index in [0.717, 1.165) is 18.5 Å². The van der Waals surface area contributed by atoms with Crippen LogP contribution in [0.2, 0.25) is 0 Å². The molecule has 0 amide bonds. The summed E-state index contributed by atoms with van der Waals surface area (Å²) >= 11 is 0. The molecule has 0 unspecified atom stereocenters. The topological polar surface area (TPSA) is 96.4 Å². The monoisotopic (exact) mass is 290 g/mol. The van der Waals surface area contributed by atoms with Crippen molar-refractivity contribution in [2.45, 2.75) is 31.2 Å². The highest BCUT2D eigenvalue weighted by atomic mass is 32.2. The number of halogens is 1. The van der Waals surface area contributed by atoms with Gasteiger partial charge in [-0.2, -0.15) is 4.72 Å². The van der Waals surface area contributed by atoms with Gasteiger partial charge in [0, 0.05) is 6.20 Å². The number of aromatic nitrogens is 1. The van der Waals surface area contributed by atoms with Crippen LogP contribution in [0.4, 0.5) is 4.39 Å². The Morgan fingerprint density at radius 3 is 2.58 bits per heavy atom. The molecule has 6 nitrogen and oxygen atoms in total. The average Bonchev–Trinajstić information content (AvgIpc) is 2.27. The minimum absolute atomic E-state index is 0.00515. The number of carboxylic acid groups (broad SMARTS) is 1. The summed E-state index contributed by atoms with van der Waals surface area (Å²) in [6, 6.07) is -0.475. The second-order valence-electron chi connectivity index (χ2n) is 4.48. The highest BCUT2D eigenvalue weighted by Gasteiger charge is 2.26. The molecule has 1 atom stereocenters. The Labute approximate surface area is 110 Å². The molecule has 106 valence electrons. The fraction of sp³-hybridized carbons (Fsp3) is 0.455. The van der Waals surface area contributed by atoms with Gasteiger partial charge in [-0.05, 0) is 18.4 Å². The predicted octanol–water partition coefficient (Wildman–Crippen LogP) is 0.998. The van der Waals surface area contributed by atoms with E-state index in [9.17, 15) is 17.6 Å². The Kier molecular flexibility index (Phi) is 4.96. The third kappa shape index (κ3) is 4.56. The number of carboxylic acids is 1. The molecule has 0 radical (unpaired) electrons. The molecule has 0 saturated carbocycles. The Balaban J connectivity index is 2.97. The van der Waals surface area contributed by atoms with Gasteiger partial charge in [0.2, 0.25) is 10.0 Å². The van der Waals surface area contributed by atoms with Gasteiger partial charge in [-0.25, -0.2) is 12.8 Å². The van der Waals surface area contributed by atoms with Crippen LogP contribution >= 0.6 is 0 Å². The number of hydrogen-bond donors (Lipinski definition) is 2. The highest BCUT2D eigenvalue weighted by Crippen LogP contribution is 2.12. The lowest BCUT2D eigenvalue weighted by Crippen LogP contribution is -2.41. The normalized spacial score (nSPS) is 13.5. The van der Waals surface area contributed by atoms with Crippen molar-refractivity contribution >= 4 is 16.0 Å². The van der Waals surface area contributed by atoms with Gasteiger partial charge < -0.3 is 5.11 Å². The molecule has 0 fully saturated rings. The summed E-state index contributed by atoms with van der Waals surface area (Å²) in [6.07, 6.45) is 1.96. The van der Waals surface area contributed by atoms with Gasteiger partial charge in [0.1, 0.15) is 16.8 Å². The summed E-state index contributed by atoms with van der Waals surface area (Å²) in [5.74, 6) is -2.09. The molecule has 8 heteroatoms. The fourth-order valence-electron chi connectivity index (χ4n) is 1.47. The van der Waals surface area contributed by atoms with E-state index >= 15 is 0 Å². The molecule has 2 N–H and O–H groups in total. The number of rotatable bonds is 6. The van der Waals surface area contributed by atoms with E-state index in [1.807, 2.05) is 4.72 Å². The highest BCUT2D eigenvalue weighted by molar-refractivity contribution is 7.89. The summed E-state index contributed by atoms with van der Waals surface area (Å²) in [5, 5.41) is 8.97. The Morgan fingerprint density at radius 2 is 2.11 bits per heavy atom. The van der Waals surface area contributed by atoms with Gasteiger partial charge in [-0.3, -0.25) is 9.78 Å². The van der Waals surface area contributed by atoms with E-state index in [-0.39, 0.29) is 12.3 Å². The van der Waals surface area contributed by atoms with Gasteiger partial charge >= 0.3 is 5.97 Å². The van der Waals surface area contributed by atoms with Gasteiger partial charge in [0.25, 0.3) is 0 Å². The van der Waals surface area contributed by atoms with Crippen LogP contribution in [0.3, 0.4) is 0 Å². The molecule has 0 aliphatic carbocycles. The average molecular weight is 290 g/mol. The molecule has 0 saturated heterocycles. The van der Waals surface area contributed by atoms with Crippen LogP contribution in [-0.4, -0.2) is 30.5 Å². The van der Waals surface area contributed by atoms with Crippen LogP contribution in [0, 0.1) is 11.7 Å². The molecular formula is C11H15FN2O4S. The molecule has 1 aromatic rings.